The van der Waals surface area contributed by atoms with Crippen molar-refractivity contribution in [1.82, 2.24) is 14.6 Å². The van der Waals surface area contributed by atoms with Crippen molar-refractivity contribution >= 4 is 38.9 Å². The van der Waals surface area contributed by atoms with Gasteiger partial charge in [-0.3, -0.25) is 14.6 Å². The summed E-state index contributed by atoms with van der Waals surface area (Å²) >= 11 is 1.13. The van der Waals surface area contributed by atoms with Crippen molar-refractivity contribution in [3.05, 3.63) is 76.9 Å². The summed E-state index contributed by atoms with van der Waals surface area (Å²) in [6, 6.07) is 13.1. The van der Waals surface area contributed by atoms with Crippen molar-refractivity contribution < 1.29 is 22.7 Å². The molecule has 11 heteroatoms. The first-order chi connectivity index (χ1) is 15.9. The third-order valence-corrected chi connectivity index (χ3v) is 8.38. The highest BCUT2D eigenvalue weighted by Gasteiger charge is 2.27. The van der Waals surface area contributed by atoms with Crippen molar-refractivity contribution in [2.45, 2.75) is 10.8 Å². The van der Waals surface area contributed by atoms with E-state index in [1.54, 1.807) is 54.7 Å². The maximum Gasteiger partial charge on any atom is 0.257 e. The number of nitrogens with zero attached hydrogens (tertiary/aromatic N) is 2. The van der Waals surface area contributed by atoms with E-state index >= 15 is 0 Å². The van der Waals surface area contributed by atoms with Crippen LogP contribution in [0.3, 0.4) is 0 Å². The molecule has 1 fully saturated rings. The Morgan fingerprint density at radius 3 is 2.58 bits per heavy atom. The molecule has 2 amide bonds. The summed E-state index contributed by atoms with van der Waals surface area (Å²) < 4.78 is 32.4. The molecule has 0 aliphatic carbocycles. The molecule has 0 unspecified atom stereocenters. The number of rotatable bonds is 7. The number of amides is 2. The molecule has 0 radical (unpaired) electrons. The van der Waals surface area contributed by atoms with Gasteiger partial charge < -0.3 is 15.4 Å². The van der Waals surface area contributed by atoms with Crippen LogP contribution in [0, 0.1) is 0 Å². The molecule has 4 rings (SSSR count). The fourth-order valence-electron chi connectivity index (χ4n) is 3.21. The lowest BCUT2D eigenvalue weighted by atomic mass is 10.1. The van der Waals surface area contributed by atoms with Gasteiger partial charge in [-0.05, 0) is 42.5 Å². The van der Waals surface area contributed by atoms with E-state index in [9.17, 15) is 18.0 Å². The zero-order valence-electron chi connectivity index (χ0n) is 17.6. The van der Waals surface area contributed by atoms with E-state index in [0.29, 0.717) is 43.1 Å². The Balaban J connectivity index is 1.37. The van der Waals surface area contributed by atoms with Crippen LogP contribution in [0.15, 0.2) is 65.1 Å². The number of thiophene rings is 1. The predicted molar refractivity (Wildman–Crippen MR) is 124 cm³/mol. The number of nitrogens with one attached hydrogen (secondary N) is 2. The highest BCUT2D eigenvalue weighted by molar-refractivity contribution is 7.91. The zero-order valence-corrected chi connectivity index (χ0v) is 19.2. The van der Waals surface area contributed by atoms with Crippen LogP contribution in [0.2, 0.25) is 0 Å². The second-order valence-corrected chi connectivity index (χ2v) is 10.5. The minimum Gasteiger partial charge on any atom is -0.379 e. The summed E-state index contributed by atoms with van der Waals surface area (Å²) in [6.45, 7) is 1.62. The number of sulfonamides is 1. The number of morpholine rings is 1. The number of hydrogen-bond donors (Lipinski definition) is 2. The number of carbonyl (C=O) groups excluding carboxylic acids is 2. The van der Waals surface area contributed by atoms with E-state index in [1.165, 1.54) is 10.5 Å². The normalized spacial score (nSPS) is 14.5. The summed E-state index contributed by atoms with van der Waals surface area (Å²) in [6.07, 6.45) is 3.04. The monoisotopic (exact) mass is 486 g/mol. The van der Waals surface area contributed by atoms with Gasteiger partial charge in [-0.15, -0.1) is 11.3 Å². The quantitative estimate of drug-likeness (QED) is 0.529. The molecule has 172 valence electrons. The van der Waals surface area contributed by atoms with Crippen molar-refractivity contribution in [2.24, 2.45) is 0 Å². The number of carbonyl (C=O) groups is 2. The average Bonchev–Trinajstić information content (AvgIpc) is 3.34. The van der Waals surface area contributed by atoms with Crippen molar-refractivity contribution in [3.8, 4) is 0 Å². The molecular formula is C22H22N4O5S2. The van der Waals surface area contributed by atoms with E-state index in [-0.39, 0.29) is 22.6 Å². The molecule has 0 spiro atoms. The van der Waals surface area contributed by atoms with Crippen LogP contribution in [0.25, 0.3) is 0 Å². The lowest BCUT2D eigenvalue weighted by molar-refractivity contribution is 0.0731. The minimum atomic E-state index is -3.56. The summed E-state index contributed by atoms with van der Waals surface area (Å²) in [4.78, 5) is 29.5. The second-order valence-electron chi connectivity index (χ2n) is 7.20. The standard InChI is InChI=1S/C22H22N4O5S2/c27-21(16-3-1-5-18(13-16)25-22(28)17-4-2-8-23-14-17)24-15-19-6-7-20(32-19)33(29,30)26-9-11-31-12-10-26/h1-8,13-14H,9-12,15H2,(H,24,27)(H,25,28). The molecule has 2 aromatic heterocycles. The first-order valence-electron chi connectivity index (χ1n) is 10.2. The fraction of sp³-hybridized carbons (Fsp3) is 0.227. The molecule has 3 aromatic rings. The molecule has 0 atom stereocenters. The first kappa shape index (κ1) is 23.1. The lowest BCUT2D eigenvalue weighted by Gasteiger charge is -2.25. The van der Waals surface area contributed by atoms with Crippen LogP contribution >= 0.6 is 11.3 Å². The van der Waals surface area contributed by atoms with Crippen LogP contribution < -0.4 is 10.6 Å². The van der Waals surface area contributed by atoms with Gasteiger partial charge >= 0.3 is 0 Å². The molecule has 3 heterocycles. The molecule has 2 N–H and O–H groups in total. The summed E-state index contributed by atoms with van der Waals surface area (Å²) in [5.74, 6) is -0.660. The van der Waals surface area contributed by atoms with Gasteiger partial charge in [-0.1, -0.05) is 6.07 Å². The van der Waals surface area contributed by atoms with Gasteiger partial charge in [0.05, 0.1) is 25.3 Å². The third-order valence-electron chi connectivity index (χ3n) is 4.93. The van der Waals surface area contributed by atoms with Gasteiger partial charge in [0.2, 0.25) is 0 Å². The lowest BCUT2D eigenvalue weighted by Crippen LogP contribution is -2.40. The number of aromatic nitrogens is 1. The van der Waals surface area contributed by atoms with Crippen LogP contribution in [-0.4, -0.2) is 55.8 Å². The van der Waals surface area contributed by atoms with Crippen molar-refractivity contribution in [1.29, 1.82) is 0 Å². The molecule has 1 aliphatic rings. The SMILES string of the molecule is O=C(NCc1ccc(S(=O)(=O)N2CCOCC2)s1)c1cccc(NC(=O)c2cccnc2)c1. The van der Waals surface area contributed by atoms with Crippen LogP contribution in [0.1, 0.15) is 25.6 Å². The Bertz CT molecular complexity index is 1240. The van der Waals surface area contributed by atoms with Crippen LogP contribution in [0.4, 0.5) is 5.69 Å². The van der Waals surface area contributed by atoms with Gasteiger partial charge in [0, 0.05) is 41.6 Å². The third kappa shape index (κ3) is 5.63. The van der Waals surface area contributed by atoms with E-state index < -0.39 is 10.0 Å². The Hall–Kier alpha value is -3.12. The van der Waals surface area contributed by atoms with Gasteiger partial charge in [-0.2, -0.15) is 4.31 Å². The molecule has 0 bridgehead atoms. The van der Waals surface area contributed by atoms with Gasteiger partial charge in [0.15, 0.2) is 0 Å². The summed E-state index contributed by atoms with van der Waals surface area (Å²) in [7, 11) is -3.56. The number of anilines is 1. The zero-order chi connectivity index (χ0) is 23.3. The topological polar surface area (TPSA) is 118 Å². The molecule has 0 saturated carbocycles. The van der Waals surface area contributed by atoms with Gasteiger partial charge in [0.25, 0.3) is 21.8 Å². The van der Waals surface area contributed by atoms with E-state index in [4.69, 9.17) is 4.74 Å². The molecule has 9 nitrogen and oxygen atoms in total. The van der Waals surface area contributed by atoms with E-state index in [1.807, 2.05) is 0 Å². The Morgan fingerprint density at radius 1 is 1.03 bits per heavy atom. The van der Waals surface area contributed by atoms with E-state index in [2.05, 4.69) is 15.6 Å². The first-order valence-corrected chi connectivity index (χ1v) is 12.5. The summed E-state index contributed by atoms with van der Waals surface area (Å²) in [5, 5.41) is 5.53. The van der Waals surface area contributed by atoms with Crippen molar-refractivity contribution in [2.75, 3.05) is 31.6 Å². The molecule has 33 heavy (non-hydrogen) atoms. The number of pyridine rings is 1. The fourth-order valence-corrected chi connectivity index (χ4v) is 6.07. The largest absolute Gasteiger partial charge is 0.379 e. The molecular weight excluding hydrogens is 464 g/mol. The number of ether oxygens (including phenoxy) is 1. The number of benzene rings is 1. The maximum atomic E-state index is 12.7. The van der Waals surface area contributed by atoms with Crippen LogP contribution in [0.5, 0.6) is 0 Å². The predicted octanol–water partition coefficient (Wildman–Crippen LogP) is 2.35. The van der Waals surface area contributed by atoms with Gasteiger partial charge in [0.1, 0.15) is 4.21 Å². The smallest absolute Gasteiger partial charge is 0.257 e. The molecule has 1 aliphatic heterocycles. The second kappa shape index (κ2) is 10.2. The number of hydrogen-bond acceptors (Lipinski definition) is 7. The minimum absolute atomic E-state index is 0.189. The maximum absolute atomic E-state index is 12.7. The van der Waals surface area contributed by atoms with Crippen molar-refractivity contribution in [3.63, 3.8) is 0 Å². The van der Waals surface area contributed by atoms with E-state index in [0.717, 1.165) is 16.2 Å². The summed E-state index contributed by atoms with van der Waals surface area (Å²) in [5.41, 5.74) is 1.26. The van der Waals surface area contributed by atoms with Gasteiger partial charge in [-0.25, -0.2) is 8.42 Å². The molecule has 1 saturated heterocycles. The van der Waals surface area contributed by atoms with Crippen LogP contribution in [-0.2, 0) is 21.3 Å². The Labute approximate surface area is 195 Å². The molecule has 1 aromatic carbocycles. The highest BCUT2D eigenvalue weighted by Crippen LogP contribution is 2.25. The Kier molecular flexibility index (Phi) is 7.14. The average molecular weight is 487 g/mol. The Morgan fingerprint density at radius 2 is 1.82 bits per heavy atom. The highest BCUT2D eigenvalue weighted by atomic mass is 32.2.